The van der Waals surface area contributed by atoms with Crippen molar-refractivity contribution in [3.05, 3.63) is 65.7 Å². The molecule has 4 aliphatic rings. The van der Waals surface area contributed by atoms with Crippen LogP contribution in [0, 0.1) is 17.8 Å². The van der Waals surface area contributed by atoms with Crippen LogP contribution in [0.25, 0.3) is 0 Å². The van der Waals surface area contributed by atoms with Crippen LogP contribution in [0.1, 0.15) is 59.2 Å². The highest BCUT2D eigenvalue weighted by atomic mass is 32.2. The molecule has 36 heavy (non-hydrogen) atoms. The van der Waals surface area contributed by atoms with Gasteiger partial charge in [0.2, 0.25) is 11.9 Å². The average molecular weight is 522 g/mol. The molecule has 0 aliphatic heterocycles. The Morgan fingerprint density at radius 2 is 1.39 bits per heavy atom. The zero-order valence-corrected chi connectivity index (χ0v) is 20.1. The largest absolute Gasteiger partial charge is 0.423 e. The first-order chi connectivity index (χ1) is 16.9. The van der Waals surface area contributed by atoms with Crippen LogP contribution in [-0.2, 0) is 14.3 Å². The van der Waals surface area contributed by atoms with Crippen LogP contribution < -0.4 is 5.32 Å². The molecule has 0 saturated heterocycles. The normalized spacial score (nSPS) is 28.0. The van der Waals surface area contributed by atoms with Gasteiger partial charge in [0.25, 0.3) is 16.0 Å². The zero-order chi connectivity index (χ0) is 25.7. The lowest BCUT2D eigenvalue weighted by Crippen LogP contribution is -2.59. The Morgan fingerprint density at radius 1 is 0.861 bits per heavy atom. The van der Waals surface area contributed by atoms with Gasteiger partial charge in [-0.15, -0.1) is 0 Å². The van der Waals surface area contributed by atoms with Gasteiger partial charge in [0.1, 0.15) is 0 Å². The van der Waals surface area contributed by atoms with Crippen LogP contribution in [0.3, 0.4) is 0 Å². The topological polar surface area (TPSA) is 89.5 Å². The monoisotopic (exact) mass is 521 g/mol. The predicted molar refractivity (Wildman–Crippen MR) is 124 cm³/mol. The lowest BCUT2D eigenvalue weighted by atomic mass is 9.53. The van der Waals surface area contributed by atoms with Crippen molar-refractivity contribution in [2.45, 2.75) is 61.2 Å². The number of ketones is 1. The second kappa shape index (κ2) is 8.99. The second-order valence-electron chi connectivity index (χ2n) is 10.4. The minimum Gasteiger partial charge on any atom is -0.347 e. The molecule has 2 aromatic rings. The first kappa shape index (κ1) is 25.0. The van der Waals surface area contributed by atoms with Crippen molar-refractivity contribution in [3.8, 4) is 0 Å². The molecule has 0 aromatic heterocycles. The number of carbonyl (C=O) groups excluding carboxylic acids is 2. The highest BCUT2D eigenvalue weighted by Crippen LogP contribution is 2.55. The molecule has 1 amide bonds. The number of rotatable bonds is 7. The summed E-state index contributed by atoms with van der Waals surface area (Å²) in [5.74, 6) is 0.0247. The van der Waals surface area contributed by atoms with E-state index in [-0.39, 0.29) is 22.6 Å². The third-order valence-electron chi connectivity index (χ3n) is 7.64. The van der Waals surface area contributed by atoms with E-state index in [2.05, 4.69) is 9.50 Å². The molecule has 4 fully saturated rings. The summed E-state index contributed by atoms with van der Waals surface area (Å²) in [6.07, 6.45) is -1.96. The SMILES string of the molecule is O=C(NC12CC3CC(CC(C3)C1)C2)c1ccc(S(=O)(=O)OC(C(=O)c2ccccc2)C(F)(F)F)cc1. The smallest absolute Gasteiger partial charge is 0.347 e. The second-order valence-corrected chi connectivity index (χ2v) is 12.0. The number of halogens is 3. The number of hydrogen-bond donors (Lipinski definition) is 1. The number of benzene rings is 2. The molecule has 0 heterocycles. The van der Waals surface area contributed by atoms with Gasteiger partial charge in [-0.1, -0.05) is 30.3 Å². The van der Waals surface area contributed by atoms with Gasteiger partial charge in [0, 0.05) is 16.7 Å². The van der Waals surface area contributed by atoms with Crippen molar-refractivity contribution >= 4 is 21.8 Å². The molecule has 1 unspecified atom stereocenters. The molecule has 1 N–H and O–H groups in total. The van der Waals surface area contributed by atoms with Crippen LogP contribution in [0.2, 0.25) is 0 Å². The minimum absolute atomic E-state index is 0.206. The molecule has 0 radical (unpaired) electrons. The molecule has 4 aliphatic carbocycles. The number of alkyl halides is 3. The Balaban J connectivity index is 1.30. The Bertz CT molecular complexity index is 1220. The van der Waals surface area contributed by atoms with E-state index < -0.39 is 33.1 Å². The molecule has 0 spiro atoms. The van der Waals surface area contributed by atoms with Crippen molar-refractivity contribution in [2.24, 2.45) is 17.8 Å². The first-order valence-corrected chi connectivity index (χ1v) is 13.4. The maximum Gasteiger partial charge on any atom is 0.423 e. The quantitative estimate of drug-likeness (QED) is 0.413. The van der Waals surface area contributed by atoms with Crippen LogP contribution in [-0.4, -0.2) is 37.9 Å². The molecule has 192 valence electrons. The summed E-state index contributed by atoms with van der Waals surface area (Å²) in [5, 5.41) is 3.17. The highest BCUT2D eigenvalue weighted by Gasteiger charge is 2.52. The van der Waals surface area contributed by atoms with Gasteiger partial charge in [-0.3, -0.25) is 9.59 Å². The van der Waals surface area contributed by atoms with Gasteiger partial charge in [-0.25, -0.2) is 4.18 Å². The van der Waals surface area contributed by atoms with Gasteiger partial charge in [-0.05, 0) is 80.5 Å². The van der Waals surface area contributed by atoms with Crippen molar-refractivity contribution in [1.29, 1.82) is 0 Å². The third-order valence-corrected chi connectivity index (χ3v) is 8.93. The summed E-state index contributed by atoms with van der Waals surface area (Å²) < 4.78 is 70.3. The summed E-state index contributed by atoms with van der Waals surface area (Å²) in [5.41, 5.74) is -0.360. The average Bonchev–Trinajstić information content (AvgIpc) is 2.81. The van der Waals surface area contributed by atoms with Crippen molar-refractivity contribution in [3.63, 3.8) is 0 Å². The van der Waals surface area contributed by atoms with E-state index in [1.165, 1.54) is 49.6 Å². The van der Waals surface area contributed by atoms with E-state index in [0.29, 0.717) is 17.8 Å². The number of carbonyl (C=O) groups is 2. The van der Waals surface area contributed by atoms with Crippen molar-refractivity contribution in [1.82, 2.24) is 5.32 Å². The lowest BCUT2D eigenvalue weighted by molar-refractivity contribution is -0.178. The molecule has 2 aromatic carbocycles. The maximum absolute atomic E-state index is 13.6. The Labute approximate surface area is 207 Å². The Kier molecular flexibility index (Phi) is 6.23. The van der Waals surface area contributed by atoms with Crippen molar-refractivity contribution < 1.29 is 35.4 Å². The number of Topliss-reactive ketones (excluding diaryl/α,β-unsaturated/α-hetero) is 1. The van der Waals surface area contributed by atoms with Crippen molar-refractivity contribution in [2.75, 3.05) is 0 Å². The standard InChI is InChI=1S/C26H26F3NO5S/c27-26(28,29)23(22(31)19-4-2-1-3-5-19)35-36(33,34)21-8-6-20(7-9-21)24(32)30-25-13-16-10-17(14-25)12-18(11-16)15-25/h1-9,16-18,23H,10-15H2,(H,30,32). The summed E-state index contributed by atoms with van der Waals surface area (Å²) in [6.45, 7) is 0. The summed E-state index contributed by atoms with van der Waals surface area (Å²) in [7, 11) is -4.95. The number of amides is 1. The molecule has 4 bridgehead atoms. The fourth-order valence-corrected chi connectivity index (χ4v) is 7.56. The molecular formula is C26H26F3NO5S. The van der Waals surface area contributed by atoms with Crippen LogP contribution in [0.15, 0.2) is 59.5 Å². The van der Waals surface area contributed by atoms with Gasteiger partial charge in [-0.2, -0.15) is 21.6 Å². The van der Waals surface area contributed by atoms with E-state index >= 15 is 0 Å². The van der Waals surface area contributed by atoms with Gasteiger partial charge >= 0.3 is 6.18 Å². The molecule has 10 heteroatoms. The minimum atomic E-state index is -5.25. The predicted octanol–water partition coefficient (Wildman–Crippen LogP) is 4.90. The van der Waals surface area contributed by atoms with Gasteiger partial charge in [0.05, 0.1) is 4.90 Å². The Morgan fingerprint density at radius 3 is 1.89 bits per heavy atom. The van der Waals surface area contributed by atoms with E-state index in [9.17, 15) is 31.2 Å². The zero-order valence-electron chi connectivity index (χ0n) is 19.3. The third kappa shape index (κ3) is 4.93. The van der Waals surface area contributed by atoms with E-state index in [4.69, 9.17) is 0 Å². The molecule has 4 saturated carbocycles. The van der Waals surface area contributed by atoms with Crippen LogP contribution in [0.4, 0.5) is 13.2 Å². The Hall–Kier alpha value is -2.72. The van der Waals surface area contributed by atoms with E-state index in [0.717, 1.165) is 43.5 Å². The summed E-state index contributed by atoms with van der Waals surface area (Å²) >= 11 is 0. The van der Waals surface area contributed by atoms with Gasteiger partial charge in [0.15, 0.2) is 0 Å². The highest BCUT2D eigenvalue weighted by molar-refractivity contribution is 7.86. The molecule has 6 nitrogen and oxygen atoms in total. The van der Waals surface area contributed by atoms with Crippen LogP contribution >= 0.6 is 0 Å². The fourth-order valence-electron chi connectivity index (χ4n) is 6.53. The summed E-state index contributed by atoms with van der Waals surface area (Å²) in [6, 6.07) is 11.1. The van der Waals surface area contributed by atoms with Crippen LogP contribution in [0.5, 0.6) is 0 Å². The molecule has 6 rings (SSSR count). The first-order valence-electron chi connectivity index (χ1n) is 12.0. The van der Waals surface area contributed by atoms with Gasteiger partial charge < -0.3 is 5.32 Å². The lowest BCUT2D eigenvalue weighted by Gasteiger charge is -2.56. The fraction of sp³-hybridized carbons (Fsp3) is 0.462. The van der Waals surface area contributed by atoms with E-state index in [1.54, 1.807) is 0 Å². The number of nitrogens with one attached hydrogen (secondary N) is 1. The molecular weight excluding hydrogens is 495 g/mol. The molecule has 1 atom stereocenters. The van der Waals surface area contributed by atoms with E-state index in [1.807, 2.05) is 0 Å². The summed E-state index contributed by atoms with van der Waals surface area (Å²) in [4.78, 5) is 24.8. The maximum atomic E-state index is 13.6. The number of hydrogen-bond acceptors (Lipinski definition) is 5.